The number of carbonyl (C=O) groups is 1. The molecule has 0 bridgehead atoms. The molecule has 0 spiro atoms. The lowest BCUT2D eigenvalue weighted by Gasteiger charge is -2.21. The quantitative estimate of drug-likeness (QED) is 0.710. The standard InChI is InChI=1S/C17H24N4O3/c1-4-21(5-2)13-8-7-9-14(10-13)24-12-16-18-15(19-20-16)11-17(22)23-6-3/h7-10H,4-6,11-12H2,1-3H3,(H,18,19,20). The third-order valence-electron chi connectivity index (χ3n) is 3.51. The zero-order valence-electron chi connectivity index (χ0n) is 14.4. The summed E-state index contributed by atoms with van der Waals surface area (Å²) in [7, 11) is 0. The fourth-order valence-electron chi connectivity index (χ4n) is 2.33. The molecule has 7 nitrogen and oxygen atoms in total. The predicted octanol–water partition coefficient (Wildman–Crippen LogP) is 2.34. The molecular weight excluding hydrogens is 308 g/mol. The van der Waals surface area contributed by atoms with E-state index in [1.807, 2.05) is 18.2 Å². The van der Waals surface area contributed by atoms with Gasteiger partial charge in [0.1, 0.15) is 18.8 Å². The number of nitrogens with one attached hydrogen (secondary N) is 1. The Morgan fingerprint density at radius 2 is 2.04 bits per heavy atom. The first-order valence-corrected chi connectivity index (χ1v) is 8.19. The highest BCUT2D eigenvalue weighted by Crippen LogP contribution is 2.21. The van der Waals surface area contributed by atoms with Gasteiger partial charge in [-0.05, 0) is 32.9 Å². The highest BCUT2D eigenvalue weighted by Gasteiger charge is 2.10. The molecule has 1 N–H and O–H groups in total. The maximum Gasteiger partial charge on any atom is 0.313 e. The van der Waals surface area contributed by atoms with E-state index in [9.17, 15) is 4.79 Å². The van der Waals surface area contributed by atoms with Crippen LogP contribution in [0.25, 0.3) is 0 Å². The summed E-state index contributed by atoms with van der Waals surface area (Å²) in [6.07, 6.45) is 0.0573. The Hall–Kier alpha value is -2.57. The Kier molecular flexibility index (Phi) is 6.60. The Balaban J connectivity index is 1.93. The van der Waals surface area contributed by atoms with Gasteiger partial charge >= 0.3 is 5.97 Å². The molecule has 7 heteroatoms. The Bertz CT molecular complexity index is 653. The van der Waals surface area contributed by atoms with E-state index < -0.39 is 0 Å². The number of carbonyl (C=O) groups excluding carboxylic acids is 1. The van der Waals surface area contributed by atoms with Gasteiger partial charge in [-0.1, -0.05) is 6.07 Å². The molecule has 1 aromatic heterocycles. The van der Waals surface area contributed by atoms with E-state index in [0.717, 1.165) is 24.5 Å². The molecule has 0 aliphatic rings. The number of aromatic nitrogens is 3. The summed E-state index contributed by atoms with van der Waals surface area (Å²) in [4.78, 5) is 17.9. The maximum atomic E-state index is 11.4. The van der Waals surface area contributed by atoms with Crippen LogP contribution >= 0.6 is 0 Å². The van der Waals surface area contributed by atoms with E-state index >= 15 is 0 Å². The third kappa shape index (κ3) is 4.97. The molecule has 24 heavy (non-hydrogen) atoms. The number of anilines is 1. The molecule has 0 saturated heterocycles. The number of rotatable bonds is 9. The zero-order chi connectivity index (χ0) is 17.4. The molecule has 2 aromatic rings. The van der Waals surface area contributed by atoms with Crippen LogP contribution in [0.2, 0.25) is 0 Å². The third-order valence-corrected chi connectivity index (χ3v) is 3.51. The van der Waals surface area contributed by atoms with Gasteiger partial charge in [0.05, 0.1) is 6.61 Å². The van der Waals surface area contributed by atoms with E-state index in [-0.39, 0.29) is 19.0 Å². The monoisotopic (exact) mass is 332 g/mol. The van der Waals surface area contributed by atoms with Crippen molar-refractivity contribution in [3.05, 3.63) is 35.9 Å². The molecule has 0 aliphatic carbocycles. The number of H-pyrrole nitrogens is 1. The van der Waals surface area contributed by atoms with Crippen molar-refractivity contribution in [3.63, 3.8) is 0 Å². The van der Waals surface area contributed by atoms with Crippen LogP contribution in [-0.2, 0) is 22.6 Å². The fourth-order valence-corrected chi connectivity index (χ4v) is 2.33. The van der Waals surface area contributed by atoms with Crippen LogP contribution < -0.4 is 9.64 Å². The van der Waals surface area contributed by atoms with Crippen molar-refractivity contribution in [1.82, 2.24) is 15.2 Å². The number of ether oxygens (including phenoxy) is 2. The number of hydrogen-bond acceptors (Lipinski definition) is 6. The molecule has 0 unspecified atom stereocenters. The number of hydrogen-bond donors (Lipinski definition) is 1. The van der Waals surface area contributed by atoms with Crippen LogP contribution in [0.1, 0.15) is 32.4 Å². The van der Waals surface area contributed by atoms with Gasteiger partial charge in [-0.25, -0.2) is 4.98 Å². The molecule has 1 aromatic carbocycles. The molecular formula is C17H24N4O3. The Labute approximate surface area is 142 Å². The van der Waals surface area contributed by atoms with Crippen LogP contribution in [0.4, 0.5) is 5.69 Å². The van der Waals surface area contributed by atoms with Crippen molar-refractivity contribution in [3.8, 4) is 5.75 Å². The van der Waals surface area contributed by atoms with Crippen molar-refractivity contribution in [1.29, 1.82) is 0 Å². The van der Waals surface area contributed by atoms with Crippen molar-refractivity contribution in [2.45, 2.75) is 33.8 Å². The average Bonchev–Trinajstić information content (AvgIpc) is 3.02. The van der Waals surface area contributed by atoms with Crippen LogP contribution in [-0.4, -0.2) is 40.8 Å². The highest BCUT2D eigenvalue weighted by molar-refractivity contribution is 5.71. The van der Waals surface area contributed by atoms with E-state index in [2.05, 4.69) is 40.0 Å². The number of esters is 1. The second-order valence-electron chi connectivity index (χ2n) is 5.14. The van der Waals surface area contributed by atoms with Crippen LogP contribution in [0.15, 0.2) is 24.3 Å². The molecule has 0 fully saturated rings. The van der Waals surface area contributed by atoms with E-state index in [1.54, 1.807) is 6.92 Å². The van der Waals surface area contributed by atoms with Crippen molar-refractivity contribution >= 4 is 11.7 Å². The fraction of sp³-hybridized carbons (Fsp3) is 0.471. The largest absolute Gasteiger partial charge is 0.486 e. The van der Waals surface area contributed by atoms with Gasteiger partial charge in [-0.3, -0.25) is 9.89 Å². The second kappa shape index (κ2) is 8.90. The lowest BCUT2D eigenvalue weighted by Crippen LogP contribution is -2.21. The van der Waals surface area contributed by atoms with Crippen LogP contribution in [0, 0.1) is 0 Å². The Morgan fingerprint density at radius 3 is 2.75 bits per heavy atom. The Morgan fingerprint density at radius 1 is 1.25 bits per heavy atom. The summed E-state index contributed by atoms with van der Waals surface area (Å²) in [6, 6.07) is 7.94. The van der Waals surface area contributed by atoms with Gasteiger partial charge in [-0.15, -0.1) is 0 Å². The van der Waals surface area contributed by atoms with Crippen LogP contribution in [0.5, 0.6) is 5.75 Å². The SMILES string of the molecule is CCOC(=O)Cc1n[nH]c(COc2cccc(N(CC)CC)c2)n1. The summed E-state index contributed by atoms with van der Waals surface area (Å²) in [5.41, 5.74) is 1.12. The average molecular weight is 332 g/mol. The molecule has 2 rings (SSSR count). The zero-order valence-corrected chi connectivity index (χ0v) is 14.4. The molecule has 0 atom stereocenters. The van der Waals surface area contributed by atoms with Crippen LogP contribution in [0.3, 0.4) is 0 Å². The number of aromatic amines is 1. The smallest absolute Gasteiger partial charge is 0.313 e. The van der Waals surface area contributed by atoms with E-state index in [4.69, 9.17) is 9.47 Å². The van der Waals surface area contributed by atoms with Gasteiger partial charge in [0.15, 0.2) is 11.6 Å². The van der Waals surface area contributed by atoms with E-state index in [0.29, 0.717) is 18.3 Å². The number of nitrogens with zero attached hydrogens (tertiary/aromatic N) is 3. The summed E-state index contributed by atoms with van der Waals surface area (Å²) < 4.78 is 10.6. The lowest BCUT2D eigenvalue weighted by atomic mass is 10.2. The summed E-state index contributed by atoms with van der Waals surface area (Å²) in [5, 5.41) is 6.78. The van der Waals surface area contributed by atoms with Crippen molar-refractivity contribution in [2.24, 2.45) is 0 Å². The second-order valence-corrected chi connectivity index (χ2v) is 5.14. The minimum absolute atomic E-state index is 0.0573. The molecule has 0 saturated carbocycles. The summed E-state index contributed by atoms with van der Waals surface area (Å²) in [6.45, 7) is 8.51. The molecule has 0 amide bonds. The normalized spacial score (nSPS) is 10.5. The summed E-state index contributed by atoms with van der Waals surface area (Å²) >= 11 is 0. The van der Waals surface area contributed by atoms with Gasteiger partial charge in [0, 0.05) is 24.8 Å². The molecule has 1 heterocycles. The van der Waals surface area contributed by atoms with Gasteiger partial charge in [0.2, 0.25) is 0 Å². The maximum absolute atomic E-state index is 11.4. The molecule has 0 aliphatic heterocycles. The van der Waals surface area contributed by atoms with E-state index in [1.165, 1.54) is 0 Å². The minimum Gasteiger partial charge on any atom is -0.486 e. The molecule has 130 valence electrons. The highest BCUT2D eigenvalue weighted by atomic mass is 16.5. The first kappa shape index (κ1) is 17.8. The number of benzene rings is 1. The molecule has 0 radical (unpaired) electrons. The topological polar surface area (TPSA) is 80.3 Å². The lowest BCUT2D eigenvalue weighted by molar-refractivity contribution is -0.142. The van der Waals surface area contributed by atoms with Gasteiger partial charge < -0.3 is 14.4 Å². The first-order valence-electron chi connectivity index (χ1n) is 8.19. The van der Waals surface area contributed by atoms with Crippen molar-refractivity contribution in [2.75, 3.05) is 24.6 Å². The predicted molar refractivity (Wildman–Crippen MR) is 91.1 cm³/mol. The van der Waals surface area contributed by atoms with Gasteiger partial charge in [0.25, 0.3) is 0 Å². The summed E-state index contributed by atoms with van der Waals surface area (Å²) in [5.74, 6) is 1.41. The van der Waals surface area contributed by atoms with Gasteiger partial charge in [-0.2, -0.15) is 5.10 Å². The van der Waals surface area contributed by atoms with Crippen molar-refractivity contribution < 1.29 is 14.3 Å². The minimum atomic E-state index is -0.337. The first-order chi connectivity index (χ1) is 11.7.